The third-order valence-corrected chi connectivity index (χ3v) is 4.61. The molecule has 0 amide bonds. The average Bonchev–Trinajstić information content (AvgIpc) is 3.09. The fraction of sp³-hybridized carbons (Fsp3) is 0.765. The Kier molecular flexibility index (Phi) is 5.02. The third kappa shape index (κ3) is 3.75. The summed E-state index contributed by atoms with van der Waals surface area (Å²) in [5, 5.41) is 0. The molecule has 2 aliphatic rings. The monoisotopic (exact) mass is 320 g/mol. The molecule has 2 saturated heterocycles. The number of hydrogen-bond acceptors (Lipinski definition) is 6. The van der Waals surface area contributed by atoms with Crippen LogP contribution in [0.3, 0.4) is 0 Å². The molecule has 0 atom stereocenters. The Morgan fingerprint density at radius 1 is 1.13 bits per heavy atom. The van der Waals surface area contributed by atoms with Gasteiger partial charge in [-0.2, -0.15) is 4.98 Å². The van der Waals surface area contributed by atoms with E-state index in [9.17, 15) is 0 Å². The molecule has 128 valence electrons. The zero-order valence-corrected chi connectivity index (χ0v) is 14.7. The minimum Gasteiger partial charge on any atom is -0.356 e. The van der Waals surface area contributed by atoms with Gasteiger partial charge in [-0.1, -0.05) is 13.8 Å². The Balaban J connectivity index is 1.71. The Labute approximate surface area is 138 Å². The van der Waals surface area contributed by atoms with Crippen LogP contribution in [0, 0.1) is 5.92 Å². The Hall–Kier alpha value is -1.40. The summed E-state index contributed by atoms with van der Waals surface area (Å²) in [5.74, 6) is 2.73. The number of rotatable bonds is 4. The van der Waals surface area contributed by atoms with Gasteiger partial charge >= 0.3 is 0 Å². The molecule has 2 aliphatic heterocycles. The number of anilines is 2. The van der Waals surface area contributed by atoms with Gasteiger partial charge in [-0.05, 0) is 18.8 Å². The molecule has 0 radical (unpaired) electrons. The van der Waals surface area contributed by atoms with Gasteiger partial charge < -0.3 is 19.3 Å². The lowest BCUT2D eigenvalue weighted by Gasteiger charge is -2.35. The minimum absolute atomic E-state index is 0.00566. The molecular formula is C17H28N4O2. The molecular weight excluding hydrogens is 292 g/mol. The van der Waals surface area contributed by atoms with Crippen molar-refractivity contribution < 1.29 is 9.47 Å². The molecule has 6 nitrogen and oxygen atoms in total. The van der Waals surface area contributed by atoms with E-state index in [2.05, 4.69) is 29.8 Å². The molecule has 2 fully saturated rings. The van der Waals surface area contributed by atoms with Gasteiger partial charge in [0.05, 0.1) is 18.9 Å². The Morgan fingerprint density at radius 3 is 2.35 bits per heavy atom. The highest BCUT2D eigenvalue weighted by Crippen LogP contribution is 2.29. The molecule has 0 aromatic carbocycles. The van der Waals surface area contributed by atoms with Crippen molar-refractivity contribution in [2.45, 2.75) is 38.9 Å². The maximum Gasteiger partial charge on any atom is 0.227 e. The van der Waals surface area contributed by atoms with E-state index in [1.54, 1.807) is 0 Å². The second-order valence-corrected chi connectivity index (χ2v) is 6.93. The van der Waals surface area contributed by atoms with Crippen LogP contribution >= 0.6 is 0 Å². The van der Waals surface area contributed by atoms with Gasteiger partial charge in [-0.3, -0.25) is 0 Å². The molecule has 0 bridgehead atoms. The topological polar surface area (TPSA) is 50.7 Å². The summed E-state index contributed by atoms with van der Waals surface area (Å²) in [4.78, 5) is 13.7. The highest BCUT2D eigenvalue weighted by molar-refractivity contribution is 5.46. The smallest absolute Gasteiger partial charge is 0.227 e. The first-order valence-corrected chi connectivity index (χ1v) is 8.59. The summed E-state index contributed by atoms with van der Waals surface area (Å²) in [5.41, 5.74) is 1.10. The van der Waals surface area contributed by atoms with Crippen molar-refractivity contribution in [2.24, 2.45) is 5.92 Å². The van der Waals surface area contributed by atoms with E-state index in [-0.39, 0.29) is 6.29 Å². The summed E-state index contributed by atoms with van der Waals surface area (Å²) < 4.78 is 11.3. The molecule has 0 aliphatic carbocycles. The van der Waals surface area contributed by atoms with Gasteiger partial charge in [0.2, 0.25) is 5.95 Å². The van der Waals surface area contributed by atoms with Gasteiger partial charge in [-0.25, -0.2) is 4.98 Å². The van der Waals surface area contributed by atoms with Crippen LogP contribution in [0.25, 0.3) is 0 Å². The van der Waals surface area contributed by atoms with Crippen LogP contribution in [0.4, 0.5) is 11.8 Å². The van der Waals surface area contributed by atoms with Crippen molar-refractivity contribution in [1.29, 1.82) is 0 Å². The number of aromatic nitrogens is 2. The summed E-state index contributed by atoms with van der Waals surface area (Å²) in [7, 11) is 3.98. The van der Waals surface area contributed by atoms with Crippen LogP contribution in [-0.2, 0) is 9.47 Å². The summed E-state index contributed by atoms with van der Waals surface area (Å²) >= 11 is 0. The lowest BCUT2D eigenvalue weighted by Crippen LogP contribution is -2.38. The van der Waals surface area contributed by atoms with Crippen LogP contribution in [0.5, 0.6) is 0 Å². The zero-order chi connectivity index (χ0) is 16.4. The van der Waals surface area contributed by atoms with E-state index in [0.29, 0.717) is 11.8 Å². The molecule has 1 aromatic heterocycles. The average molecular weight is 320 g/mol. The van der Waals surface area contributed by atoms with Gasteiger partial charge in [0.15, 0.2) is 6.29 Å². The van der Waals surface area contributed by atoms with E-state index in [0.717, 1.165) is 56.6 Å². The fourth-order valence-electron chi connectivity index (χ4n) is 3.15. The van der Waals surface area contributed by atoms with Crippen LogP contribution in [0.1, 0.15) is 38.3 Å². The largest absolute Gasteiger partial charge is 0.356 e. The SMILES string of the molecule is CC(C)c1cc(N2CCC(C3OCCO3)CC2)nc(N(C)C)n1. The second kappa shape index (κ2) is 7.01. The van der Waals surface area contributed by atoms with Gasteiger partial charge in [0.25, 0.3) is 0 Å². The van der Waals surface area contributed by atoms with E-state index in [1.807, 2.05) is 19.0 Å². The van der Waals surface area contributed by atoms with E-state index >= 15 is 0 Å². The predicted molar refractivity (Wildman–Crippen MR) is 91.1 cm³/mol. The van der Waals surface area contributed by atoms with E-state index in [4.69, 9.17) is 14.5 Å². The molecule has 0 spiro atoms. The van der Waals surface area contributed by atoms with Crippen LogP contribution in [-0.4, -0.2) is 56.7 Å². The maximum absolute atomic E-state index is 5.66. The van der Waals surface area contributed by atoms with Crippen molar-refractivity contribution in [3.8, 4) is 0 Å². The number of hydrogen-bond donors (Lipinski definition) is 0. The highest BCUT2D eigenvalue weighted by Gasteiger charge is 2.31. The first-order chi connectivity index (χ1) is 11.0. The Morgan fingerprint density at radius 2 is 1.78 bits per heavy atom. The van der Waals surface area contributed by atoms with Gasteiger partial charge in [0, 0.05) is 39.2 Å². The summed E-state index contributed by atoms with van der Waals surface area (Å²) in [6.45, 7) is 7.81. The van der Waals surface area contributed by atoms with Crippen LogP contribution in [0.15, 0.2) is 6.07 Å². The third-order valence-electron chi connectivity index (χ3n) is 4.61. The van der Waals surface area contributed by atoms with Crippen molar-refractivity contribution in [3.63, 3.8) is 0 Å². The minimum atomic E-state index is 0.00566. The fourth-order valence-corrected chi connectivity index (χ4v) is 3.15. The van der Waals surface area contributed by atoms with Gasteiger partial charge in [0.1, 0.15) is 5.82 Å². The van der Waals surface area contributed by atoms with Gasteiger partial charge in [-0.15, -0.1) is 0 Å². The molecule has 0 saturated carbocycles. The zero-order valence-electron chi connectivity index (χ0n) is 14.7. The van der Waals surface area contributed by atoms with E-state index < -0.39 is 0 Å². The first kappa shape index (κ1) is 16.5. The van der Waals surface area contributed by atoms with Crippen LogP contribution < -0.4 is 9.80 Å². The normalized spacial score (nSPS) is 20.5. The lowest BCUT2D eigenvalue weighted by atomic mass is 9.96. The number of nitrogens with zero attached hydrogens (tertiary/aromatic N) is 4. The molecule has 1 aromatic rings. The quantitative estimate of drug-likeness (QED) is 0.848. The molecule has 23 heavy (non-hydrogen) atoms. The standard InChI is InChI=1S/C17H28N4O2/c1-12(2)14-11-15(19-17(18-14)20(3)4)21-7-5-13(6-8-21)16-22-9-10-23-16/h11-13,16H,5-10H2,1-4H3. The van der Waals surface area contributed by atoms with Crippen molar-refractivity contribution in [1.82, 2.24) is 9.97 Å². The van der Waals surface area contributed by atoms with E-state index in [1.165, 1.54) is 0 Å². The second-order valence-electron chi connectivity index (χ2n) is 6.93. The van der Waals surface area contributed by atoms with Crippen molar-refractivity contribution in [3.05, 3.63) is 11.8 Å². The molecule has 3 rings (SSSR count). The van der Waals surface area contributed by atoms with Crippen molar-refractivity contribution >= 4 is 11.8 Å². The summed E-state index contributed by atoms with van der Waals surface area (Å²) in [6, 6.07) is 2.14. The molecule has 6 heteroatoms. The Bertz CT molecular complexity index is 495. The van der Waals surface area contributed by atoms with Crippen molar-refractivity contribution in [2.75, 3.05) is 50.2 Å². The number of piperidine rings is 1. The first-order valence-electron chi connectivity index (χ1n) is 8.59. The predicted octanol–water partition coefficient (Wildman–Crippen LogP) is 2.26. The molecule has 0 unspecified atom stereocenters. The summed E-state index contributed by atoms with van der Waals surface area (Å²) in [6.07, 6.45) is 2.18. The maximum atomic E-state index is 5.66. The molecule has 0 N–H and O–H groups in total. The number of ether oxygens (including phenoxy) is 2. The lowest BCUT2D eigenvalue weighted by molar-refractivity contribution is -0.0889. The highest BCUT2D eigenvalue weighted by atomic mass is 16.7. The van der Waals surface area contributed by atoms with Crippen LogP contribution in [0.2, 0.25) is 0 Å². The molecule has 3 heterocycles.